The molecular weight excluding hydrogens is 280 g/mol. The van der Waals surface area contributed by atoms with Crippen LogP contribution >= 0.6 is 11.8 Å². The Morgan fingerprint density at radius 3 is 2.75 bits per heavy atom. The molecule has 0 aliphatic carbocycles. The molecule has 0 aliphatic heterocycles. The number of thioether (sulfide) groups is 1. The van der Waals surface area contributed by atoms with E-state index >= 15 is 0 Å². The van der Waals surface area contributed by atoms with Crippen LogP contribution in [0.2, 0.25) is 0 Å². The van der Waals surface area contributed by atoms with Gasteiger partial charge in [-0.2, -0.15) is 11.8 Å². The molecule has 0 saturated heterocycles. The molecule has 1 amide bonds. The number of nitro groups is 1. The number of nitrogens with zero attached hydrogens (tertiary/aromatic N) is 1. The van der Waals surface area contributed by atoms with E-state index in [0.29, 0.717) is 0 Å². The number of carbonyl (C=O) groups excluding carboxylic acids is 1. The highest BCUT2D eigenvalue weighted by molar-refractivity contribution is 7.98. The monoisotopic (exact) mass is 298 g/mol. The molecule has 4 N–H and O–H groups in total. The van der Waals surface area contributed by atoms with E-state index in [1.54, 1.807) is 11.8 Å². The van der Waals surface area contributed by atoms with Crippen molar-refractivity contribution in [2.24, 2.45) is 5.84 Å². The Hall–Kier alpha value is -1.80. The molecule has 0 bridgehead atoms. The predicted molar refractivity (Wildman–Crippen MR) is 80.8 cm³/mol. The van der Waals surface area contributed by atoms with Gasteiger partial charge in [0.25, 0.3) is 11.6 Å². The third kappa shape index (κ3) is 4.10. The number of nitrogens with two attached hydrogens (primary N) is 1. The maximum atomic E-state index is 12.1. The van der Waals surface area contributed by atoms with Crippen LogP contribution in [0, 0.1) is 10.1 Å². The highest BCUT2D eigenvalue weighted by atomic mass is 32.2. The van der Waals surface area contributed by atoms with Gasteiger partial charge in [0.15, 0.2) is 0 Å². The minimum Gasteiger partial charge on any atom is -0.348 e. The minimum absolute atomic E-state index is 0.0452. The molecule has 0 fully saturated rings. The molecule has 20 heavy (non-hydrogen) atoms. The third-order valence-corrected chi connectivity index (χ3v) is 3.54. The summed E-state index contributed by atoms with van der Waals surface area (Å²) in [5.41, 5.74) is 2.43. The van der Waals surface area contributed by atoms with Crippen molar-refractivity contribution in [2.45, 2.75) is 19.4 Å². The van der Waals surface area contributed by atoms with Crippen LogP contribution in [0.1, 0.15) is 23.7 Å². The second kappa shape index (κ2) is 7.71. The number of benzene rings is 1. The Labute approximate surface area is 121 Å². The highest BCUT2D eigenvalue weighted by Crippen LogP contribution is 2.24. The van der Waals surface area contributed by atoms with Gasteiger partial charge >= 0.3 is 0 Å². The molecule has 1 aromatic rings. The van der Waals surface area contributed by atoms with Gasteiger partial charge in [-0.3, -0.25) is 20.8 Å². The van der Waals surface area contributed by atoms with Gasteiger partial charge in [0.2, 0.25) is 0 Å². The number of nitrogen functional groups attached to an aromatic ring is 1. The largest absolute Gasteiger partial charge is 0.348 e. The predicted octanol–water partition coefficient (Wildman–Crippen LogP) is 1.75. The summed E-state index contributed by atoms with van der Waals surface area (Å²) in [5.74, 6) is 5.68. The van der Waals surface area contributed by atoms with Crippen LogP contribution in [-0.4, -0.2) is 28.9 Å². The molecule has 0 aromatic heterocycles. The molecule has 0 spiro atoms. The van der Waals surface area contributed by atoms with Crippen molar-refractivity contribution < 1.29 is 9.72 Å². The summed E-state index contributed by atoms with van der Waals surface area (Å²) < 4.78 is 0. The van der Waals surface area contributed by atoms with E-state index in [1.807, 2.05) is 13.2 Å². The SMILES string of the molecule is CCC(CSC)NC(=O)c1ccc(NN)c([N+](=O)[O-])c1. The lowest BCUT2D eigenvalue weighted by atomic mass is 10.1. The van der Waals surface area contributed by atoms with Gasteiger partial charge < -0.3 is 10.7 Å². The zero-order valence-corrected chi connectivity index (χ0v) is 12.2. The fourth-order valence-electron chi connectivity index (χ4n) is 1.68. The van der Waals surface area contributed by atoms with Gasteiger partial charge in [0.05, 0.1) is 4.92 Å². The molecule has 1 aromatic carbocycles. The first kappa shape index (κ1) is 16.3. The first-order chi connectivity index (χ1) is 9.53. The van der Waals surface area contributed by atoms with Crippen molar-refractivity contribution in [3.8, 4) is 0 Å². The Bertz CT molecular complexity index is 496. The molecule has 1 unspecified atom stereocenters. The number of carbonyl (C=O) groups is 1. The number of hydrazine groups is 1. The summed E-state index contributed by atoms with van der Waals surface area (Å²) in [6, 6.07) is 4.19. The number of hydrogen-bond acceptors (Lipinski definition) is 6. The summed E-state index contributed by atoms with van der Waals surface area (Å²) in [6.45, 7) is 1.98. The van der Waals surface area contributed by atoms with Crippen LogP contribution in [0.5, 0.6) is 0 Å². The molecule has 1 rings (SSSR count). The fraction of sp³-hybridized carbons (Fsp3) is 0.417. The molecule has 0 saturated carbocycles. The summed E-state index contributed by atoms with van der Waals surface area (Å²) in [4.78, 5) is 22.4. The summed E-state index contributed by atoms with van der Waals surface area (Å²) in [7, 11) is 0. The number of hydrogen-bond donors (Lipinski definition) is 3. The lowest BCUT2D eigenvalue weighted by molar-refractivity contribution is -0.384. The van der Waals surface area contributed by atoms with Gasteiger partial charge in [0, 0.05) is 23.4 Å². The van der Waals surface area contributed by atoms with E-state index in [9.17, 15) is 14.9 Å². The zero-order valence-electron chi connectivity index (χ0n) is 11.4. The van der Waals surface area contributed by atoms with Gasteiger partial charge in [-0.15, -0.1) is 0 Å². The third-order valence-electron chi connectivity index (χ3n) is 2.81. The second-order valence-corrected chi connectivity index (χ2v) is 5.08. The normalized spacial score (nSPS) is 11.8. The molecule has 7 nitrogen and oxygen atoms in total. The maximum absolute atomic E-state index is 12.1. The summed E-state index contributed by atoms with van der Waals surface area (Å²) in [6.07, 6.45) is 2.76. The summed E-state index contributed by atoms with van der Waals surface area (Å²) >= 11 is 1.64. The smallest absolute Gasteiger partial charge is 0.294 e. The number of anilines is 1. The van der Waals surface area contributed by atoms with E-state index < -0.39 is 4.92 Å². The van der Waals surface area contributed by atoms with Crippen molar-refractivity contribution in [2.75, 3.05) is 17.4 Å². The van der Waals surface area contributed by atoms with Crippen molar-refractivity contribution in [3.63, 3.8) is 0 Å². The van der Waals surface area contributed by atoms with Crippen LogP contribution in [0.3, 0.4) is 0 Å². The maximum Gasteiger partial charge on any atom is 0.294 e. The average molecular weight is 298 g/mol. The Kier molecular flexibility index (Phi) is 6.26. The molecule has 0 radical (unpaired) electrons. The van der Waals surface area contributed by atoms with Gasteiger partial charge in [0.1, 0.15) is 5.69 Å². The van der Waals surface area contributed by atoms with Gasteiger partial charge in [-0.25, -0.2) is 0 Å². The highest BCUT2D eigenvalue weighted by Gasteiger charge is 2.18. The fourth-order valence-corrected chi connectivity index (χ4v) is 2.40. The number of rotatable bonds is 7. The van der Waals surface area contributed by atoms with Crippen molar-refractivity contribution in [1.82, 2.24) is 5.32 Å². The Morgan fingerprint density at radius 1 is 1.55 bits per heavy atom. The standard InChI is InChI=1S/C12H18N4O3S/c1-3-9(7-20-2)14-12(17)8-4-5-10(15-13)11(6-8)16(18)19/h4-6,9,15H,3,7,13H2,1-2H3,(H,14,17). The number of nitro benzene ring substituents is 1. The van der Waals surface area contributed by atoms with Crippen LogP contribution in [0.15, 0.2) is 18.2 Å². The molecular formula is C12H18N4O3S. The Balaban J connectivity index is 2.93. The molecule has 1 atom stereocenters. The topological polar surface area (TPSA) is 110 Å². The molecule has 8 heteroatoms. The van der Waals surface area contributed by atoms with E-state index in [2.05, 4.69) is 10.7 Å². The zero-order chi connectivity index (χ0) is 15.1. The molecule has 0 heterocycles. The van der Waals surface area contributed by atoms with Crippen LogP contribution < -0.4 is 16.6 Å². The van der Waals surface area contributed by atoms with E-state index in [4.69, 9.17) is 5.84 Å². The van der Waals surface area contributed by atoms with E-state index in [-0.39, 0.29) is 28.9 Å². The molecule has 0 aliphatic rings. The van der Waals surface area contributed by atoms with Gasteiger partial charge in [-0.05, 0) is 24.8 Å². The minimum atomic E-state index is -0.578. The first-order valence-corrected chi connectivity index (χ1v) is 7.47. The van der Waals surface area contributed by atoms with Crippen LogP contribution in [-0.2, 0) is 0 Å². The quantitative estimate of drug-likeness (QED) is 0.402. The van der Waals surface area contributed by atoms with Crippen molar-refractivity contribution in [3.05, 3.63) is 33.9 Å². The van der Waals surface area contributed by atoms with Crippen LogP contribution in [0.25, 0.3) is 0 Å². The van der Waals surface area contributed by atoms with E-state index in [1.165, 1.54) is 18.2 Å². The molecule has 110 valence electrons. The van der Waals surface area contributed by atoms with Gasteiger partial charge in [-0.1, -0.05) is 6.92 Å². The van der Waals surface area contributed by atoms with E-state index in [0.717, 1.165) is 12.2 Å². The summed E-state index contributed by atoms with van der Waals surface area (Å²) in [5, 5.41) is 13.8. The van der Waals surface area contributed by atoms with Crippen molar-refractivity contribution >= 4 is 29.0 Å². The second-order valence-electron chi connectivity index (χ2n) is 4.17. The Morgan fingerprint density at radius 2 is 2.25 bits per heavy atom. The first-order valence-electron chi connectivity index (χ1n) is 6.08. The average Bonchev–Trinajstić information content (AvgIpc) is 2.45. The lowest BCUT2D eigenvalue weighted by Gasteiger charge is -2.15. The number of amides is 1. The van der Waals surface area contributed by atoms with Crippen molar-refractivity contribution in [1.29, 1.82) is 0 Å². The number of nitrogens with one attached hydrogen (secondary N) is 2. The lowest BCUT2D eigenvalue weighted by Crippen LogP contribution is -2.36. The van der Waals surface area contributed by atoms with Crippen LogP contribution in [0.4, 0.5) is 11.4 Å².